The lowest BCUT2D eigenvalue weighted by atomic mass is 10.0. The van der Waals surface area contributed by atoms with Crippen LogP contribution in [-0.2, 0) is 16.0 Å². The third kappa shape index (κ3) is 6.38. The fourth-order valence-corrected chi connectivity index (χ4v) is 4.60. The average molecular weight is 484 g/mol. The quantitative estimate of drug-likeness (QED) is 0.426. The van der Waals surface area contributed by atoms with Crippen LogP contribution in [0.5, 0.6) is 0 Å². The Labute approximate surface area is 203 Å². The van der Waals surface area contributed by atoms with E-state index in [9.17, 15) is 18.4 Å². The molecule has 3 N–H and O–H groups in total. The van der Waals surface area contributed by atoms with Crippen molar-refractivity contribution < 1.29 is 23.1 Å². The number of alkyl carbamates (subject to hydrolysis) is 1. The Bertz CT molecular complexity index is 1210. The molecule has 35 heavy (non-hydrogen) atoms. The Balaban J connectivity index is 1.39. The van der Waals surface area contributed by atoms with Gasteiger partial charge in [0.15, 0.2) is 0 Å². The second kappa shape index (κ2) is 10.1. The van der Waals surface area contributed by atoms with Crippen molar-refractivity contribution in [3.05, 3.63) is 59.7 Å². The summed E-state index contributed by atoms with van der Waals surface area (Å²) in [7, 11) is 0. The van der Waals surface area contributed by atoms with Crippen LogP contribution in [0.15, 0.2) is 42.5 Å². The van der Waals surface area contributed by atoms with Gasteiger partial charge in [-0.05, 0) is 100 Å². The molecule has 8 heteroatoms. The number of aromatic amines is 1. The molecule has 6 nitrogen and oxygen atoms in total. The van der Waals surface area contributed by atoms with Crippen molar-refractivity contribution in [3.8, 4) is 11.3 Å². The van der Waals surface area contributed by atoms with E-state index in [0.29, 0.717) is 18.2 Å². The highest BCUT2D eigenvalue weighted by atomic mass is 19.1. The van der Waals surface area contributed by atoms with Gasteiger partial charge < -0.3 is 20.4 Å². The molecule has 3 aromatic rings. The van der Waals surface area contributed by atoms with Crippen LogP contribution < -0.4 is 10.6 Å². The zero-order valence-corrected chi connectivity index (χ0v) is 20.2. The summed E-state index contributed by atoms with van der Waals surface area (Å²) in [6.07, 6.45) is 2.34. The van der Waals surface area contributed by atoms with Crippen LogP contribution in [0, 0.1) is 11.6 Å². The smallest absolute Gasteiger partial charge is 0.407 e. The summed E-state index contributed by atoms with van der Waals surface area (Å²) in [5, 5.41) is 6.63. The second-order valence-electron chi connectivity index (χ2n) is 10.1. The molecule has 1 heterocycles. The van der Waals surface area contributed by atoms with Gasteiger partial charge in [-0.25, -0.2) is 13.6 Å². The van der Waals surface area contributed by atoms with Crippen molar-refractivity contribution in [2.45, 2.75) is 70.6 Å². The van der Waals surface area contributed by atoms with Gasteiger partial charge in [-0.15, -0.1) is 0 Å². The summed E-state index contributed by atoms with van der Waals surface area (Å²) < 4.78 is 32.7. The standard InChI is InChI=1S/C27H31F2N3O3/c1-27(2,3)35-26(34)31-20-10-9-19(15-20)30-24(33)13-11-21-22-14-18(29)8-12-23(22)32-25(21)16-4-6-17(28)7-5-16/h4-8,12,14,19-20,32H,9-11,13,15H2,1-3H3,(H,30,33)(H,31,34). The fraction of sp³-hybridized carbons (Fsp3) is 0.407. The first-order valence-corrected chi connectivity index (χ1v) is 11.9. The highest BCUT2D eigenvalue weighted by Crippen LogP contribution is 2.32. The van der Waals surface area contributed by atoms with Crippen molar-refractivity contribution in [3.63, 3.8) is 0 Å². The molecular weight excluding hydrogens is 452 g/mol. The van der Waals surface area contributed by atoms with Gasteiger partial charge in [-0.3, -0.25) is 4.79 Å². The molecule has 186 valence electrons. The van der Waals surface area contributed by atoms with Gasteiger partial charge >= 0.3 is 6.09 Å². The molecule has 0 bridgehead atoms. The largest absolute Gasteiger partial charge is 0.444 e. The van der Waals surface area contributed by atoms with Crippen molar-refractivity contribution in [2.75, 3.05) is 0 Å². The summed E-state index contributed by atoms with van der Waals surface area (Å²) in [6.45, 7) is 5.44. The van der Waals surface area contributed by atoms with E-state index >= 15 is 0 Å². The number of aromatic nitrogens is 1. The maximum Gasteiger partial charge on any atom is 0.407 e. The van der Waals surface area contributed by atoms with Crippen molar-refractivity contribution >= 4 is 22.9 Å². The van der Waals surface area contributed by atoms with Crippen LogP contribution in [0.3, 0.4) is 0 Å². The minimum Gasteiger partial charge on any atom is -0.444 e. The number of benzene rings is 2. The Morgan fingerprint density at radius 2 is 1.66 bits per heavy atom. The van der Waals surface area contributed by atoms with E-state index in [-0.39, 0.29) is 36.0 Å². The Hall–Kier alpha value is -3.42. The highest BCUT2D eigenvalue weighted by molar-refractivity contribution is 5.91. The first-order chi connectivity index (χ1) is 16.6. The number of hydrogen-bond acceptors (Lipinski definition) is 3. The number of H-pyrrole nitrogens is 1. The van der Waals surface area contributed by atoms with E-state index in [4.69, 9.17) is 4.74 Å². The van der Waals surface area contributed by atoms with Crippen LogP contribution in [0.4, 0.5) is 13.6 Å². The summed E-state index contributed by atoms with van der Waals surface area (Å²) in [5.41, 5.74) is 2.53. The van der Waals surface area contributed by atoms with Crippen LogP contribution in [0.2, 0.25) is 0 Å². The Morgan fingerprint density at radius 3 is 2.34 bits per heavy atom. The van der Waals surface area contributed by atoms with Gasteiger partial charge in [0.1, 0.15) is 17.2 Å². The molecule has 0 aliphatic heterocycles. The van der Waals surface area contributed by atoms with Crippen molar-refractivity contribution in [2.24, 2.45) is 0 Å². The first kappa shape index (κ1) is 24.7. The third-order valence-corrected chi connectivity index (χ3v) is 6.12. The van der Waals surface area contributed by atoms with E-state index in [2.05, 4.69) is 15.6 Å². The molecule has 2 atom stereocenters. The maximum absolute atomic E-state index is 14.0. The average Bonchev–Trinajstić information content (AvgIpc) is 3.35. The molecule has 1 fully saturated rings. The molecule has 0 saturated heterocycles. The molecule has 0 spiro atoms. The zero-order chi connectivity index (χ0) is 25.2. The number of hydrogen-bond donors (Lipinski definition) is 3. The molecule has 2 aromatic carbocycles. The number of carbonyl (C=O) groups is 2. The van der Waals surface area contributed by atoms with Gasteiger partial charge in [0.2, 0.25) is 5.91 Å². The number of fused-ring (bicyclic) bond motifs is 1. The van der Waals surface area contributed by atoms with Gasteiger partial charge in [0.05, 0.1) is 0 Å². The van der Waals surface area contributed by atoms with Crippen LogP contribution in [0.25, 0.3) is 22.2 Å². The fourth-order valence-electron chi connectivity index (χ4n) is 4.60. The monoisotopic (exact) mass is 483 g/mol. The summed E-state index contributed by atoms with van der Waals surface area (Å²) >= 11 is 0. The number of ether oxygens (including phenoxy) is 1. The number of carbonyl (C=O) groups excluding carboxylic acids is 2. The summed E-state index contributed by atoms with van der Waals surface area (Å²) in [4.78, 5) is 28.0. The van der Waals surface area contributed by atoms with E-state index in [1.807, 2.05) is 20.8 Å². The molecule has 4 rings (SSSR count). The van der Waals surface area contributed by atoms with Gasteiger partial charge in [-0.1, -0.05) is 0 Å². The first-order valence-electron chi connectivity index (χ1n) is 11.9. The van der Waals surface area contributed by atoms with Gasteiger partial charge in [-0.2, -0.15) is 0 Å². The highest BCUT2D eigenvalue weighted by Gasteiger charge is 2.28. The Kier molecular flexibility index (Phi) is 7.10. The maximum atomic E-state index is 14.0. The zero-order valence-electron chi connectivity index (χ0n) is 20.2. The topological polar surface area (TPSA) is 83.2 Å². The molecule has 1 saturated carbocycles. The lowest BCUT2D eigenvalue weighted by Crippen LogP contribution is -2.39. The number of rotatable bonds is 6. The summed E-state index contributed by atoms with van der Waals surface area (Å²) in [5.74, 6) is -0.807. The predicted octanol–water partition coefficient (Wildman–Crippen LogP) is 5.61. The van der Waals surface area contributed by atoms with Crippen molar-refractivity contribution in [1.82, 2.24) is 15.6 Å². The van der Waals surface area contributed by atoms with Gasteiger partial charge in [0, 0.05) is 35.1 Å². The normalized spacial score (nSPS) is 18.0. The molecule has 2 unspecified atom stereocenters. The predicted molar refractivity (Wildman–Crippen MR) is 131 cm³/mol. The molecular formula is C27H31F2N3O3. The minimum absolute atomic E-state index is 0.0283. The molecule has 1 aliphatic carbocycles. The lowest BCUT2D eigenvalue weighted by molar-refractivity contribution is -0.121. The SMILES string of the molecule is CC(C)(C)OC(=O)NC1CCC(NC(=O)CCc2c(-c3ccc(F)cc3)[nH]c3ccc(F)cc23)C1. The third-order valence-electron chi connectivity index (χ3n) is 6.12. The number of aryl methyl sites for hydroxylation is 1. The van der Waals surface area contributed by atoms with Gasteiger partial charge in [0.25, 0.3) is 0 Å². The van der Waals surface area contributed by atoms with Crippen LogP contribution >= 0.6 is 0 Å². The molecule has 0 radical (unpaired) electrons. The van der Waals surface area contributed by atoms with E-state index in [1.54, 1.807) is 18.2 Å². The van der Waals surface area contributed by atoms with Crippen molar-refractivity contribution in [1.29, 1.82) is 0 Å². The second-order valence-corrected chi connectivity index (χ2v) is 10.1. The van der Waals surface area contributed by atoms with E-state index in [1.165, 1.54) is 24.3 Å². The van der Waals surface area contributed by atoms with E-state index < -0.39 is 11.7 Å². The number of amides is 2. The van der Waals surface area contributed by atoms with Crippen LogP contribution in [0.1, 0.15) is 52.0 Å². The molecule has 1 aromatic heterocycles. The number of nitrogens with one attached hydrogen (secondary N) is 3. The minimum atomic E-state index is -0.561. The lowest BCUT2D eigenvalue weighted by Gasteiger charge is -2.21. The van der Waals surface area contributed by atoms with E-state index in [0.717, 1.165) is 35.2 Å². The number of halogens is 2. The van der Waals surface area contributed by atoms with Crippen LogP contribution in [-0.4, -0.2) is 34.7 Å². The molecule has 1 aliphatic rings. The summed E-state index contributed by atoms with van der Waals surface area (Å²) in [6, 6.07) is 10.5. The Morgan fingerprint density at radius 1 is 1.00 bits per heavy atom. The molecule has 2 amide bonds.